The van der Waals surface area contributed by atoms with Crippen molar-refractivity contribution in [3.8, 4) is 123 Å². The second kappa shape index (κ2) is 47.4. The van der Waals surface area contributed by atoms with E-state index in [0.29, 0.717) is 0 Å². The number of aryl methyl sites for hydroxylation is 8. The van der Waals surface area contributed by atoms with Crippen molar-refractivity contribution >= 4 is 0 Å². The molecule has 0 spiro atoms. The van der Waals surface area contributed by atoms with Gasteiger partial charge in [-0.1, -0.05) is 230 Å². The molecule has 11 aromatic carbocycles. The van der Waals surface area contributed by atoms with Crippen LogP contribution in [-0.2, 0) is 101 Å². The number of hydrogen-bond acceptors (Lipinski definition) is 6. The van der Waals surface area contributed by atoms with Gasteiger partial charge in [-0.2, -0.15) is 0 Å². The molecule has 17 aromatic rings. The van der Waals surface area contributed by atoms with Gasteiger partial charge in [-0.05, 0) is 139 Å². The van der Waals surface area contributed by atoms with Crippen molar-refractivity contribution in [2.45, 2.75) is 55.4 Å². The van der Waals surface area contributed by atoms with Crippen molar-refractivity contribution in [2.24, 2.45) is 0 Å². The summed E-state index contributed by atoms with van der Waals surface area (Å²) < 4.78 is 0. The van der Waals surface area contributed by atoms with Crippen LogP contribution in [0.1, 0.15) is 44.5 Å². The first-order chi connectivity index (χ1) is 53.8. The van der Waals surface area contributed by atoms with Crippen LogP contribution in [0, 0.1) is 91.8 Å². The molecular weight excluding hydrogens is 2290 g/mol. The Morgan fingerprint density at radius 1 is 0.209 bits per heavy atom. The minimum absolute atomic E-state index is 0. The molecule has 0 atom stereocenters. The van der Waals surface area contributed by atoms with Gasteiger partial charge in [-0.3, -0.25) is 0 Å². The van der Waals surface area contributed by atoms with E-state index < -0.39 is 0 Å². The fourth-order valence-corrected chi connectivity index (χ4v) is 12.3. The molecule has 6 nitrogen and oxygen atoms in total. The van der Waals surface area contributed by atoms with Crippen LogP contribution >= 0.6 is 0 Å². The summed E-state index contributed by atoms with van der Waals surface area (Å²) in [6.07, 6.45) is 11.1. The molecule has 5 radical (unpaired) electrons. The van der Waals surface area contributed by atoms with E-state index in [-0.39, 0.29) is 101 Å². The van der Waals surface area contributed by atoms with E-state index in [1.54, 1.807) is 0 Å². The summed E-state index contributed by atoms with van der Waals surface area (Å²) in [5.41, 5.74) is 33.9. The molecule has 0 amide bonds. The molecule has 581 valence electrons. The second-order valence-electron chi connectivity index (χ2n) is 26.8. The summed E-state index contributed by atoms with van der Waals surface area (Å²) in [4.78, 5) is 26.6. The number of benzene rings is 11. The molecular formula is C104H84Ir5N6-6. The molecule has 6 aromatic heterocycles. The summed E-state index contributed by atoms with van der Waals surface area (Å²) in [6, 6.07) is 131. The van der Waals surface area contributed by atoms with Crippen LogP contribution in [0.15, 0.2) is 365 Å². The summed E-state index contributed by atoms with van der Waals surface area (Å²) in [5.74, 6) is 0. The monoisotopic (exact) mass is 2380 g/mol. The predicted molar refractivity (Wildman–Crippen MR) is 456 cm³/mol. The Bertz CT molecular complexity index is 5480. The molecule has 6 heterocycles. The first-order valence-corrected chi connectivity index (χ1v) is 36.7. The van der Waals surface area contributed by atoms with Gasteiger partial charge < -0.3 is 29.9 Å². The third kappa shape index (κ3) is 27.4. The Kier molecular flexibility index (Phi) is 37.8. The van der Waals surface area contributed by atoms with Crippen LogP contribution in [0.3, 0.4) is 0 Å². The van der Waals surface area contributed by atoms with Crippen LogP contribution in [0.25, 0.3) is 123 Å². The van der Waals surface area contributed by atoms with Gasteiger partial charge in [0.1, 0.15) is 0 Å². The molecule has 0 unspecified atom stereocenters. The average molecular weight is 2380 g/mol. The van der Waals surface area contributed by atoms with Crippen LogP contribution in [0.2, 0.25) is 0 Å². The van der Waals surface area contributed by atoms with Gasteiger partial charge >= 0.3 is 0 Å². The molecule has 0 fully saturated rings. The molecule has 0 aliphatic carbocycles. The predicted octanol–water partition coefficient (Wildman–Crippen LogP) is 26.1. The number of nitrogens with zero attached hydrogens (tertiary/aromatic N) is 6. The van der Waals surface area contributed by atoms with Crippen molar-refractivity contribution in [2.75, 3.05) is 0 Å². The van der Waals surface area contributed by atoms with Gasteiger partial charge in [0, 0.05) is 143 Å². The SMILES string of the molecule is Cc1[c-]c(-c2cc(C)c(-c3ccccc3)cn2)cc(C)c1.Cc1ccc(-c2[c-]ccc(-c3ccccc3)c2)nc1.Cc1ccc(-c2cc[c-]c(-c3ccccn3)c2)cc1.Cc1cccc(-c2cc[c-]c(-c3ccccn3)c2)c1.Cc1cccnc1-c1[c-]cccc1.Cc1ccnc(-c2[c-]ccc(-c3ccccc3)c2)c1.[Ir].[Ir].[Ir].[Ir].[Ir]. The zero-order valence-corrected chi connectivity index (χ0v) is 77.0. The van der Waals surface area contributed by atoms with Crippen LogP contribution < -0.4 is 0 Å². The topological polar surface area (TPSA) is 77.3 Å². The van der Waals surface area contributed by atoms with Crippen LogP contribution in [0.4, 0.5) is 0 Å². The van der Waals surface area contributed by atoms with Gasteiger partial charge in [0.15, 0.2) is 0 Å². The maximum absolute atomic E-state index is 4.64. The average Bonchev–Trinajstić information content (AvgIpc) is 1.75. The first-order valence-electron chi connectivity index (χ1n) is 36.7. The zero-order valence-electron chi connectivity index (χ0n) is 65.0. The Morgan fingerprint density at radius 2 is 0.643 bits per heavy atom. The zero-order chi connectivity index (χ0) is 76.2. The van der Waals surface area contributed by atoms with Crippen molar-refractivity contribution in [1.82, 2.24) is 29.9 Å². The molecule has 0 bridgehead atoms. The van der Waals surface area contributed by atoms with E-state index in [4.69, 9.17) is 0 Å². The largest absolute Gasteiger partial charge is 0.305 e. The van der Waals surface area contributed by atoms with Crippen molar-refractivity contribution in [1.29, 1.82) is 0 Å². The van der Waals surface area contributed by atoms with Crippen LogP contribution in [-0.4, -0.2) is 29.9 Å². The van der Waals surface area contributed by atoms with E-state index in [0.717, 1.165) is 73.1 Å². The first kappa shape index (κ1) is 91.7. The molecule has 17 rings (SSSR count). The van der Waals surface area contributed by atoms with Gasteiger partial charge in [0.05, 0.1) is 0 Å². The third-order valence-electron chi connectivity index (χ3n) is 18.0. The van der Waals surface area contributed by atoms with Gasteiger partial charge in [-0.25, -0.2) is 0 Å². The summed E-state index contributed by atoms with van der Waals surface area (Å²) in [6.45, 7) is 16.7. The quantitative estimate of drug-likeness (QED) is 0.120. The Morgan fingerprint density at radius 3 is 1.12 bits per heavy atom. The van der Waals surface area contributed by atoms with Crippen molar-refractivity contribution < 1.29 is 101 Å². The standard InChI is InChI=1S/C20H18N.4C18H14N.C12H10N.5Ir/c1-14-9-15(2)11-18(10-14)20-12-16(3)19(13-21-20)17-7-5-4-6-8-17;1-14-6-4-7-15(12-14)16-8-5-9-17(13-16)18-10-2-3-11-19-18;1-14-8-10-15(11-9-14)16-5-4-6-17(13-16)18-7-2-3-12-19-18;1-14-10-11-18(19-13-14)17-9-5-8-16(12-17)15-6-3-2-4-7-15;1-14-10-11-19-18(12-14)17-9-5-8-16(13-17)15-6-3-2-4-7-15;1-10-6-5-9-13-12(10)11-7-3-2-4-8-11;;;;;/h4-10,12-13H,1-3H3;2-8,10-13H,1H3;2-5,7-13H,1H3;2*2-8,10-13H,1H3;2-7,9H,1H3;;;;;/q6*-1;;;;;. The van der Waals surface area contributed by atoms with Gasteiger partial charge in [-0.15, -0.1) is 212 Å². The number of pyridine rings is 6. The molecule has 0 aliphatic rings. The Hall–Kier alpha value is -10.4. The maximum atomic E-state index is 4.64. The maximum Gasteiger partial charge on any atom is 0.0242 e. The fourth-order valence-electron chi connectivity index (χ4n) is 12.3. The van der Waals surface area contributed by atoms with E-state index in [2.05, 4.69) is 321 Å². The van der Waals surface area contributed by atoms with Gasteiger partial charge in [0.25, 0.3) is 0 Å². The van der Waals surface area contributed by atoms with E-state index >= 15 is 0 Å². The summed E-state index contributed by atoms with van der Waals surface area (Å²) in [5, 5.41) is 0. The van der Waals surface area contributed by atoms with E-state index in [1.165, 1.54) is 94.6 Å². The minimum atomic E-state index is 0. The Balaban J connectivity index is 0.000000190. The molecule has 0 aliphatic heterocycles. The van der Waals surface area contributed by atoms with Crippen LogP contribution in [0.5, 0.6) is 0 Å². The van der Waals surface area contributed by atoms with Crippen molar-refractivity contribution in [3.63, 3.8) is 0 Å². The number of rotatable bonds is 11. The molecule has 115 heavy (non-hydrogen) atoms. The van der Waals surface area contributed by atoms with Crippen molar-refractivity contribution in [3.05, 3.63) is 446 Å². The summed E-state index contributed by atoms with van der Waals surface area (Å²) in [7, 11) is 0. The molecule has 0 saturated heterocycles. The molecule has 0 N–H and O–H groups in total. The smallest absolute Gasteiger partial charge is 0.0242 e. The normalized spacial score (nSPS) is 9.91. The summed E-state index contributed by atoms with van der Waals surface area (Å²) >= 11 is 0. The van der Waals surface area contributed by atoms with Gasteiger partial charge in [0.2, 0.25) is 0 Å². The second-order valence-corrected chi connectivity index (χ2v) is 26.8. The van der Waals surface area contributed by atoms with E-state index in [1.807, 2.05) is 165 Å². The fraction of sp³-hybridized carbons (Fsp3) is 0.0769. The van der Waals surface area contributed by atoms with E-state index in [9.17, 15) is 0 Å². The third-order valence-corrected chi connectivity index (χ3v) is 18.0. The Labute approximate surface area is 747 Å². The number of aromatic nitrogens is 6. The molecule has 11 heteroatoms. The minimum Gasteiger partial charge on any atom is -0.305 e. The molecule has 0 saturated carbocycles. The number of hydrogen-bond donors (Lipinski definition) is 0.